The highest BCUT2D eigenvalue weighted by molar-refractivity contribution is 5.92. The third kappa shape index (κ3) is 5.42. The summed E-state index contributed by atoms with van der Waals surface area (Å²) in [7, 11) is 0. The number of esters is 3. The zero-order valence-corrected chi connectivity index (χ0v) is 26.2. The van der Waals surface area contributed by atoms with Crippen LogP contribution in [0.15, 0.2) is 42.0 Å². The molecule has 1 saturated carbocycles. The number of benzene rings is 1. The Hall–Kier alpha value is -3.08. The van der Waals surface area contributed by atoms with E-state index in [1.165, 1.54) is 20.8 Å². The predicted molar refractivity (Wildman–Crippen MR) is 155 cm³/mol. The zero-order valence-electron chi connectivity index (χ0n) is 26.2. The molecule has 4 rings (SSSR count). The molecule has 2 fully saturated rings. The van der Waals surface area contributed by atoms with Crippen molar-refractivity contribution in [2.75, 3.05) is 6.61 Å². The van der Waals surface area contributed by atoms with Crippen molar-refractivity contribution < 1.29 is 48.3 Å². The molecule has 10 heteroatoms. The Morgan fingerprint density at radius 3 is 2.19 bits per heavy atom. The number of Topliss-reactive ketones (excluding diaryl/α,β-unsaturated/α-hetero) is 1. The molecule has 0 aromatic heterocycles. The van der Waals surface area contributed by atoms with Gasteiger partial charge in [0.2, 0.25) is 0 Å². The highest BCUT2D eigenvalue weighted by atomic mass is 16.6. The van der Waals surface area contributed by atoms with Crippen molar-refractivity contribution in [1.82, 2.24) is 0 Å². The number of ether oxygens (including phenoxy) is 4. The van der Waals surface area contributed by atoms with Crippen LogP contribution in [0.4, 0.5) is 0 Å². The Labute approximate surface area is 252 Å². The molecule has 1 aromatic rings. The largest absolute Gasteiger partial charge is 0.455 e. The van der Waals surface area contributed by atoms with E-state index in [0.29, 0.717) is 12.0 Å². The van der Waals surface area contributed by atoms with Crippen molar-refractivity contribution in [3.8, 4) is 0 Å². The van der Waals surface area contributed by atoms with Crippen LogP contribution in [0.25, 0.3) is 0 Å². The van der Waals surface area contributed by atoms with Crippen LogP contribution in [-0.2, 0) is 33.3 Å². The summed E-state index contributed by atoms with van der Waals surface area (Å²) in [5, 5.41) is 23.9. The van der Waals surface area contributed by atoms with Gasteiger partial charge in [0.25, 0.3) is 0 Å². The molecule has 0 amide bonds. The molecule has 43 heavy (non-hydrogen) atoms. The van der Waals surface area contributed by atoms with Crippen LogP contribution in [0.3, 0.4) is 0 Å². The molecule has 2 N–H and O–H groups in total. The molecule has 3 aliphatic rings. The highest BCUT2D eigenvalue weighted by Gasteiger charge is 2.75. The van der Waals surface area contributed by atoms with E-state index < -0.39 is 82.0 Å². The second-order valence-electron chi connectivity index (χ2n) is 13.3. The lowest BCUT2D eigenvalue weighted by molar-refractivity contribution is -0.337. The topological polar surface area (TPSA) is 146 Å². The van der Waals surface area contributed by atoms with Gasteiger partial charge in [0.1, 0.15) is 17.8 Å². The van der Waals surface area contributed by atoms with Crippen LogP contribution in [-0.4, -0.2) is 76.1 Å². The maximum atomic E-state index is 14.5. The van der Waals surface area contributed by atoms with Gasteiger partial charge in [-0.25, -0.2) is 4.79 Å². The third-order valence-corrected chi connectivity index (χ3v) is 10.1. The molecule has 2 aliphatic carbocycles. The third-order valence-electron chi connectivity index (χ3n) is 10.1. The van der Waals surface area contributed by atoms with Gasteiger partial charge in [0, 0.05) is 31.1 Å². The van der Waals surface area contributed by atoms with E-state index in [0.717, 1.165) is 0 Å². The molecular formula is C33H44O10. The second-order valence-corrected chi connectivity index (χ2v) is 13.3. The number of hydrogen-bond donors (Lipinski definition) is 2. The Kier molecular flexibility index (Phi) is 8.74. The Morgan fingerprint density at radius 2 is 1.65 bits per heavy atom. The van der Waals surface area contributed by atoms with Crippen molar-refractivity contribution in [2.45, 2.75) is 104 Å². The standard InChI is InChI=1S/C33H44O10/c1-18-15-30(6,7)33(39,16-24(18)36)28(42-29(38)23-12-10-9-11-13-23)26-31(8,27(37)20(3)41-21(4)34)19(2)14-25-32(26,17-40-25)43-22(5)35/h9-13,15,19-20,24-26,28,36,39H,14,16-17H2,1-8H3/t19-,20+,24-,25+,26?,28-,31+,32-,33+/m0/s1. The number of carbonyl (C=O) groups is 4. The van der Waals surface area contributed by atoms with Crippen molar-refractivity contribution in [1.29, 1.82) is 0 Å². The average Bonchev–Trinajstić information content (AvgIpc) is 2.91. The summed E-state index contributed by atoms with van der Waals surface area (Å²) in [5.74, 6) is -4.12. The molecule has 1 saturated heterocycles. The minimum atomic E-state index is -1.95. The van der Waals surface area contributed by atoms with Gasteiger partial charge in [-0.15, -0.1) is 0 Å². The first-order valence-corrected chi connectivity index (χ1v) is 14.8. The molecule has 236 valence electrons. The van der Waals surface area contributed by atoms with Gasteiger partial charge in [-0.1, -0.05) is 52.0 Å². The minimum Gasteiger partial charge on any atom is -0.455 e. The van der Waals surface area contributed by atoms with E-state index in [4.69, 9.17) is 18.9 Å². The fraction of sp³-hybridized carbons (Fsp3) is 0.636. The number of hydrogen-bond acceptors (Lipinski definition) is 10. The summed E-state index contributed by atoms with van der Waals surface area (Å²) < 4.78 is 23.7. The predicted octanol–water partition coefficient (Wildman–Crippen LogP) is 3.56. The maximum absolute atomic E-state index is 14.5. The van der Waals surface area contributed by atoms with E-state index in [1.807, 2.05) is 6.92 Å². The van der Waals surface area contributed by atoms with Crippen LogP contribution in [0, 0.1) is 22.7 Å². The number of aliphatic hydroxyl groups excluding tert-OH is 1. The summed E-state index contributed by atoms with van der Waals surface area (Å²) in [5.41, 5.74) is -5.10. The maximum Gasteiger partial charge on any atom is 0.338 e. The molecule has 0 radical (unpaired) electrons. The quantitative estimate of drug-likeness (QED) is 0.258. The molecule has 0 spiro atoms. The zero-order chi connectivity index (χ0) is 32.1. The number of carbonyl (C=O) groups excluding carboxylic acids is 4. The van der Waals surface area contributed by atoms with Gasteiger partial charge in [0.15, 0.2) is 17.5 Å². The summed E-state index contributed by atoms with van der Waals surface area (Å²) >= 11 is 0. The Morgan fingerprint density at radius 1 is 1.02 bits per heavy atom. The van der Waals surface area contributed by atoms with E-state index >= 15 is 0 Å². The summed E-state index contributed by atoms with van der Waals surface area (Å²) in [6.07, 6.45) is -2.56. The minimum absolute atomic E-state index is 0.104. The Balaban J connectivity index is 2.01. The molecule has 1 unspecified atom stereocenters. The number of ketones is 1. The molecular weight excluding hydrogens is 556 g/mol. The van der Waals surface area contributed by atoms with Gasteiger partial charge < -0.3 is 29.2 Å². The van der Waals surface area contributed by atoms with E-state index in [2.05, 4.69) is 0 Å². The van der Waals surface area contributed by atoms with Crippen molar-refractivity contribution in [3.05, 3.63) is 47.5 Å². The summed E-state index contributed by atoms with van der Waals surface area (Å²) in [6.45, 7) is 12.6. The molecule has 1 aromatic carbocycles. The van der Waals surface area contributed by atoms with Gasteiger partial charge in [-0.05, 0) is 43.9 Å². The lowest BCUT2D eigenvalue weighted by Gasteiger charge is -2.66. The van der Waals surface area contributed by atoms with Gasteiger partial charge in [-0.2, -0.15) is 0 Å². The average molecular weight is 601 g/mol. The first-order valence-electron chi connectivity index (χ1n) is 14.8. The van der Waals surface area contributed by atoms with Gasteiger partial charge >= 0.3 is 17.9 Å². The Bertz CT molecular complexity index is 1300. The van der Waals surface area contributed by atoms with E-state index in [1.54, 1.807) is 64.1 Å². The summed E-state index contributed by atoms with van der Waals surface area (Å²) in [4.78, 5) is 52.9. The molecule has 10 nitrogen and oxygen atoms in total. The van der Waals surface area contributed by atoms with Crippen LogP contribution in [0.1, 0.15) is 78.6 Å². The monoisotopic (exact) mass is 600 g/mol. The lowest BCUT2D eigenvalue weighted by Crippen LogP contribution is -2.79. The van der Waals surface area contributed by atoms with Crippen molar-refractivity contribution in [2.24, 2.45) is 22.7 Å². The lowest BCUT2D eigenvalue weighted by atomic mass is 9.46. The van der Waals surface area contributed by atoms with Gasteiger partial charge in [0.05, 0.1) is 24.2 Å². The molecule has 1 heterocycles. The van der Waals surface area contributed by atoms with E-state index in [9.17, 15) is 29.4 Å². The number of fused-ring (bicyclic) bond motifs is 1. The van der Waals surface area contributed by atoms with Crippen LogP contribution in [0.5, 0.6) is 0 Å². The first kappa shape index (κ1) is 32.8. The fourth-order valence-electron chi connectivity index (χ4n) is 7.63. The molecule has 1 aliphatic heterocycles. The van der Waals surface area contributed by atoms with Crippen molar-refractivity contribution >= 4 is 23.7 Å². The molecule has 0 bridgehead atoms. The van der Waals surface area contributed by atoms with Gasteiger partial charge in [-0.3, -0.25) is 14.4 Å². The summed E-state index contributed by atoms with van der Waals surface area (Å²) in [6, 6.07) is 8.24. The number of aliphatic hydroxyl groups is 2. The van der Waals surface area contributed by atoms with E-state index in [-0.39, 0.29) is 18.6 Å². The molecule has 9 atom stereocenters. The smallest absolute Gasteiger partial charge is 0.338 e. The van der Waals surface area contributed by atoms with Crippen LogP contribution < -0.4 is 0 Å². The van der Waals surface area contributed by atoms with Crippen LogP contribution in [0.2, 0.25) is 0 Å². The SMILES string of the molecule is CC(=O)O[C@H](C)C(=O)[C@@]1(C)C([C@H](OC(=O)c2ccccc2)[C@]2(O)C[C@H](O)C(C)=CC2(C)C)[C@]2(OC(C)=O)CO[C@@H]2C[C@@H]1C. The van der Waals surface area contributed by atoms with Crippen LogP contribution >= 0.6 is 0 Å². The second kappa shape index (κ2) is 11.4. The highest BCUT2D eigenvalue weighted by Crippen LogP contribution is 2.62. The first-order chi connectivity index (χ1) is 19.9. The normalized spacial score (nSPS) is 36.1. The number of rotatable bonds is 8. The fourth-order valence-corrected chi connectivity index (χ4v) is 7.63. The van der Waals surface area contributed by atoms with Crippen molar-refractivity contribution in [3.63, 3.8) is 0 Å².